The first-order chi connectivity index (χ1) is 7.49. The molecule has 0 radical (unpaired) electrons. The van der Waals surface area contributed by atoms with Crippen LogP contribution in [-0.2, 0) is 16.0 Å². The molecular formula is C9H14N2O3S2. The van der Waals surface area contributed by atoms with Crippen LogP contribution in [0.3, 0.4) is 0 Å². The van der Waals surface area contributed by atoms with E-state index in [-0.39, 0.29) is 5.75 Å². The van der Waals surface area contributed by atoms with Crippen LogP contribution in [0.1, 0.15) is 19.7 Å². The molecule has 0 saturated heterocycles. The molecule has 0 amide bonds. The molecule has 1 heterocycles. The monoisotopic (exact) mass is 262 g/mol. The van der Waals surface area contributed by atoms with E-state index < -0.39 is 11.6 Å². The molecule has 7 heteroatoms. The van der Waals surface area contributed by atoms with Gasteiger partial charge < -0.3 is 9.84 Å². The van der Waals surface area contributed by atoms with E-state index in [2.05, 4.69) is 14.1 Å². The third-order valence-corrected chi connectivity index (χ3v) is 4.04. The Labute approximate surface area is 102 Å². The molecule has 0 spiro atoms. The summed E-state index contributed by atoms with van der Waals surface area (Å²) in [5.41, 5.74) is -1.49. The lowest BCUT2D eigenvalue weighted by molar-refractivity contribution is -0.158. The van der Waals surface area contributed by atoms with Crippen molar-refractivity contribution in [1.29, 1.82) is 0 Å². The molecule has 0 aliphatic heterocycles. The maximum atomic E-state index is 11.2. The Balaban J connectivity index is 2.53. The first-order valence-corrected chi connectivity index (χ1v) is 6.51. The first kappa shape index (κ1) is 13.4. The summed E-state index contributed by atoms with van der Waals surface area (Å²) in [6.07, 6.45) is 0.782. The topological polar surface area (TPSA) is 72.3 Å². The number of carbonyl (C=O) groups excluding carboxylic acids is 1. The van der Waals surface area contributed by atoms with Crippen molar-refractivity contribution in [3.05, 3.63) is 5.82 Å². The second-order valence-corrected chi connectivity index (χ2v) is 5.36. The Morgan fingerprint density at radius 2 is 2.38 bits per heavy atom. The fourth-order valence-corrected chi connectivity index (χ4v) is 2.61. The van der Waals surface area contributed by atoms with Gasteiger partial charge in [-0.2, -0.15) is 4.37 Å². The van der Waals surface area contributed by atoms with Gasteiger partial charge in [0.2, 0.25) is 0 Å². The van der Waals surface area contributed by atoms with Crippen molar-refractivity contribution in [2.24, 2.45) is 0 Å². The number of rotatable bonds is 5. The van der Waals surface area contributed by atoms with E-state index in [1.807, 2.05) is 6.92 Å². The van der Waals surface area contributed by atoms with Gasteiger partial charge in [0.1, 0.15) is 5.82 Å². The summed E-state index contributed by atoms with van der Waals surface area (Å²) in [4.78, 5) is 15.4. The van der Waals surface area contributed by atoms with E-state index in [4.69, 9.17) is 0 Å². The maximum absolute atomic E-state index is 11.2. The van der Waals surface area contributed by atoms with E-state index in [9.17, 15) is 9.90 Å². The summed E-state index contributed by atoms with van der Waals surface area (Å²) in [6.45, 7) is 3.40. The average Bonchev–Trinajstić information content (AvgIpc) is 2.73. The smallest absolute Gasteiger partial charge is 0.338 e. The van der Waals surface area contributed by atoms with Crippen LogP contribution in [-0.4, -0.2) is 38.9 Å². The number of aryl methyl sites for hydroxylation is 1. The fourth-order valence-electron chi connectivity index (χ4n) is 0.921. The lowest BCUT2D eigenvalue weighted by atomic mass is 10.1. The predicted molar refractivity (Wildman–Crippen MR) is 62.7 cm³/mol. The zero-order valence-corrected chi connectivity index (χ0v) is 11.0. The van der Waals surface area contributed by atoms with Gasteiger partial charge in [0, 0.05) is 12.2 Å². The van der Waals surface area contributed by atoms with Crippen molar-refractivity contribution >= 4 is 29.3 Å². The lowest BCUT2D eigenvalue weighted by Gasteiger charge is -2.18. The third kappa shape index (κ3) is 3.43. The minimum Gasteiger partial charge on any atom is -0.467 e. The fraction of sp³-hybridized carbons (Fsp3) is 0.667. The largest absolute Gasteiger partial charge is 0.467 e. The van der Waals surface area contributed by atoms with E-state index in [0.717, 1.165) is 16.6 Å². The second kappa shape index (κ2) is 5.60. The number of hydrogen-bond donors (Lipinski definition) is 1. The SMILES string of the molecule is CCc1nsc(SCC(C)(O)C(=O)OC)n1. The van der Waals surface area contributed by atoms with E-state index in [0.29, 0.717) is 0 Å². The van der Waals surface area contributed by atoms with Crippen molar-refractivity contribution in [2.75, 3.05) is 12.9 Å². The number of nitrogens with zero attached hydrogens (tertiary/aromatic N) is 2. The molecule has 90 valence electrons. The zero-order valence-electron chi connectivity index (χ0n) is 9.39. The molecule has 1 rings (SSSR count). The summed E-state index contributed by atoms with van der Waals surface area (Å²) in [7, 11) is 1.25. The number of hydrogen-bond acceptors (Lipinski definition) is 7. The van der Waals surface area contributed by atoms with Gasteiger partial charge in [0.15, 0.2) is 9.94 Å². The number of ether oxygens (including phenoxy) is 1. The van der Waals surface area contributed by atoms with Crippen LogP contribution >= 0.6 is 23.3 Å². The van der Waals surface area contributed by atoms with Gasteiger partial charge in [-0.3, -0.25) is 0 Å². The quantitative estimate of drug-likeness (QED) is 0.633. The highest BCUT2D eigenvalue weighted by Gasteiger charge is 2.31. The molecule has 0 fully saturated rings. The van der Waals surface area contributed by atoms with Crippen molar-refractivity contribution < 1.29 is 14.6 Å². The van der Waals surface area contributed by atoms with Crippen LogP contribution in [0.25, 0.3) is 0 Å². The highest BCUT2D eigenvalue weighted by molar-refractivity contribution is 8.01. The van der Waals surface area contributed by atoms with Gasteiger partial charge in [-0.1, -0.05) is 18.7 Å². The Hall–Kier alpha value is -0.660. The minimum absolute atomic E-state index is 0.206. The predicted octanol–water partition coefficient (Wildman–Crippen LogP) is 1.12. The number of thioether (sulfide) groups is 1. The Morgan fingerprint density at radius 3 is 2.88 bits per heavy atom. The molecule has 0 bridgehead atoms. The number of esters is 1. The van der Waals surface area contributed by atoms with Gasteiger partial charge in [0.05, 0.1) is 7.11 Å². The van der Waals surface area contributed by atoms with Gasteiger partial charge in [-0.15, -0.1) is 0 Å². The van der Waals surface area contributed by atoms with Gasteiger partial charge in [-0.25, -0.2) is 9.78 Å². The molecule has 5 nitrogen and oxygen atoms in total. The van der Waals surface area contributed by atoms with E-state index in [1.165, 1.54) is 37.3 Å². The highest BCUT2D eigenvalue weighted by atomic mass is 32.2. The van der Waals surface area contributed by atoms with E-state index >= 15 is 0 Å². The minimum atomic E-state index is -1.49. The van der Waals surface area contributed by atoms with Gasteiger partial charge in [-0.05, 0) is 18.5 Å². The van der Waals surface area contributed by atoms with Crippen LogP contribution < -0.4 is 0 Å². The van der Waals surface area contributed by atoms with Crippen molar-refractivity contribution in [1.82, 2.24) is 9.36 Å². The summed E-state index contributed by atoms with van der Waals surface area (Å²) in [5.74, 6) is 0.350. The number of carbonyl (C=O) groups is 1. The molecular weight excluding hydrogens is 248 g/mol. The Morgan fingerprint density at radius 1 is 1.69 bits per heavy atom. The van der Waals surface area contributed by atoms with Crippen molar-refractivity contribution in [3.8, 4) is 0 Å². The van der Waals surface area contributed by atoms with Crippen molar-refractivity contribution in [3.63, 3.8) is 0 Å². The summed E-state index contributed by atoms with van der Waals surface area (Å²) >= 11 is 2.57. The molecule has 1 unspecified atom stereocenters. The van der Waals surface area contributed by atoms with Crippen LogP contribution in [0, 0.1) is 0 Å². The Bertz CT molecular complexity index is 365. The lowest BCUT2D eigenvalue weighted by Crippen LogP contribution is -2.38. The molecule has 0 aliphatic rings. The molecule has 0 saturated carbocycles. The molecule has 1 aromatic heterocycles. The second-order valence-electron chi connectivity index (χ2n) is 3.38. The molecule has 1 N–H and O–H groups in total. The van der Waals surface area contributed by atoms with Crippen LogP contribution in [0.15, 0.2) is 4.34 Å². The maximum Gasteiger partial charge on any atom is 0.338 e. The van der Waals surface area contributed by atoms with Crippen molar-refractivity contribution in [2.45, 2.75) is 30.2 Å². The van der Waals surface area contributed by atoms with Crippen LogP contribution in [0.2, 0.25) is 0 Å². The molecule has 0 aliphatic carbocycles. The number of methoxy groups -OCH3 is 1. The molecule has 1 atom stereocenters. The summed E-state index contributed by atoms with van der Waals surface area (Å²) in [6, 6.07) is 0. The number of aromatic nitrogens is 2. The molecule has 16 heavy (non-hydrogen) atoms. The Kier molecular flexibility index (Phi) is 4.69. The molecule has 0 aromatic carbocycles. The number of aliphatic hydroxyl groups is 1. The average molecular weight is 262 g/mol. The standard InChI is InChI=1S/C9H14N2O3S2/c1-4-6-10-8(16-11-6)15-5-9(2,13)7(12)14-3/h13H,4-5H2,1-3H3. The van der Waals surface area contributed by atoms with Crippen LogP contribution in [0.5, 0.6) is 0 Å². The van der Waals surface area contributed by atoms with E-state index in [1.54, 1.807) is 0 Å². The van der Waals surface area contributed by atoms with Gasteiger partial charge in [0.25, 0.3) is 0 Å². The zero-order chi connectivity index (χ0) is 12.2. The van der Waals surface area contributed by atoms with Crippen LogP contribution in [0.4, 0.5) is 0 Å². The summed E-state index contributed by atoms with van der Waals surface area (Å²) < 4.78 is 9.36. The molecule has 1 aromatic rings. The summed E-state index contributed by atoms with van der Waals surface area (Å²) in [5, 5.41) is 9.77. The highest BCUT2D eigenvalue weighted by Crippen LogP contribution is 2.24. The first-order valence-electron chi connectivity index (χ1n) is 4.75. The normalized spacial score (nSPS) is 14.5. The third-order valence-electron chi connectivity index (χ3n) is 1.87. The van der Waals surface area contributed by atoms with Gasteiger partial charge >= 0.3 is 5.97 Å².